The van der Waals surface area contributed by atoms with Gasteiger partial charge in [-0.3, -0.25) is 4.79 Å². The number of aryl methyl sites for hydroxylation is 1. The molecule has 0 radical (unpaired) electrons. The van der Waals surface area contributed by atoms with Crippen molar-refractivity contribution in [2.75, 3.05) is 13.2 Å². The number of halogens is 3. The lowest BCUT2D eigenvalue weighted by atomic mass is 9.86. The fraction of sp³-hybridized carbons (Fsp3) is 0.464. The number of hydrogen-bond acceptors (Lipinski definition) is 5. The monoisotopic (exact) mass is 536 g/mol. The average Bonchev–Trinajstić information content (AvgIpc) is 3.57. The number of nitrogens with zero attached hydrogens (tertiary/aromatic N) is 1. The predicted molar refractivity (Wildman–Crippen MR) is 138 cm³/mol. The molecule has 1 atom stereocenters. The molecular formula is C28H35F3N2O5. The number of hydrogen-bond donors (Lipinski definition) is 4. The molecule has 3 aromatic rings. The van der Waals surface area contributed by atoms with Crippen LogP contribution in [0.5, 0.6) is 5.75 Å². The van der Waals surface area contributed by atoms with E-state index < -0.39 is 35.5 Å². The van der Waals surface area contributed by atoms with Gasteiger partial charge in [-0.25, -0.2) is 4.39 Å². The number of aliphatic hydroxyl groups is 3. The zero-order valence-electron chi connectivity index (χ0n) is 22.0. The summed E-state index contributed by atoms with van der Waals surface area (Å²) >= 11 is 0. The van der Waals surface area contributed by atoms with Gasteiger partial charge in [-0.1, -0.05) is 26.0 Å². The molecule has 2 aromatic carbocycles. The minimum atomic E-state index is -3.29. The molecule has 1 saturated carbocycles. The first-order valence-electron chi connectivity index (χ1n) is 12.3. The number of amides is 1. The zero-order valence-corrected chi connectivity index (χ0v) is 22.0. The standard InChI is InChI=1S/C27H32F3NO4.CH3NO/c1-16-9-18(5-6-23(16)35-26(4,29)30)27(7-8-27)20-10-17-11-24(25(2,3)15-33)31(13-19(34)14-32)22(17)12-21(20)28;2-1-3/h5-6,9-12,19,32-34H,7-8,13-15H2,1-4H3;1H,(H2,2,3). The smallest absolute Gasteiger partial charge is 0.394 e. The van der Waals surface area contributed by atoms with Crippen molar-refractivity contribution < 1.29 is 38.0 Å². The van der Waals surface area contributed by atoms with E-state index in [1.165, 1.54) is 12.1 Å². The fourth-order valence-electron chi connectivity index (χ4n) is 4.85. The first-order valence-corrected chi connectivity index (χ1v) is 12.3. The van der Waals surface area contributed by atoms with Gasteiger partial charge in [0.1, 0.15) is 11.6 Å². The van der Waals surface area contributed by atoms with Crippen LogP contribution in [-0.4, -0.2) is 51.7 Å². The molecule has 1 unspecified atom stereocenters. The lowest BCUT2D eigenvalue weighted by molar-refractivity contribution is -0.159. The number of ether oxygens (including phenoxy) is 1. The van der Waals surface area contributed by atoms with Crippen molar-refractivity contribution in [2.24, 2.45) is 5.73 Å². The number of benzene rings is 2. The summed E-state index contributed by atoms with van der Waals surface area (Å²) in [4.78, 5) is 8.58. The molecule has 7 nitrogen and oxygen atoms in total. The molecule has 1 aliphatic rings. The summed E-state index contributed by atoms with van der Waals surface area (Å²) in [6.45, 7) is 5.56. The van der Waals surface area contributed by atoms with Crippen LogP contribution in [0.4, 0.5) is 13.2 Å². The number of alkyl halides is 2. The summed E-state index contributed by atoms with van der Waals surface area (Å²) in [5.74, 6) is -0.317. The lowest BCUT2D eigenvalue weighted by Crippen LogP contribution is -2.29. The molecular weight excluding hydrogens is 501 g/mol. The van der Waals surface area contributed by atoms with E-state index in [4.69, 9.17) is 9.53 Å². The van der Waals surface area contributed by atoms with E-state index in [0.29, 0.717) is 23.6 Å². The van der Waals surface area contributed by atoms with Crippen molar-refractivity contribution in [1.29, 1.82) is 0 Å². The van der Waals surface area contributed by atoms with E-state index in [9.17, 15) is 24.1 Å². The van der Waals surface area contributed by atoms with E-state index in [2.05, 4.69) is 5.73 Å². The Morgan fingerprint density at radius 1 is 1.16 bits per heavy atom. The number of carbonyl (C=O) groups is 1. The van der Waals surface area contributed by atoms with Crippen molar-refractivity contribution in [3.63, 3.8) is 0 Å². The molecule has 0 bridgehead atoms. The number of fused-ring (bicyclic) bond motifs is 1. The summed E-state index contributed by atoms with van der Waals surface area (Å²) in [5, 5.41) is 30.2. The summed E-state index contributed by atoms with van der Waals surface area (Å²) < 4.78 is 48.8. The molecule has 1 amide bonds. The van der Waals surface area contributed by atoms with Gasteiger partial charge >= 0.3 is 6.11 Å². The summed E-state index contributed by atoms with van der Waals surface area (Å²) in [6, 6.07) is 10.1. The van der Waals surface area contributed by atoms with Crippen molar-refractivity contribution in [1.82, 2.24) is 4.57 Å². The maximum absolute atomic E-state index is 15.6. The first kappa shape index (κ1) is 29.5. The van der Waals surface area contributed by atoms with E-state index in [-0.39, 0.29) is 25.3 Å². The molecule has 38 heavy (non-hydrogen) atoms. The van der Waals surface area contributed by atoms with Crippen LogP contribution in [-0.2, 0) is 22.2 Å². The van der Waals surface area contributed by atoms with Gasteiger partial charge in [0.2, 0.25) is 6.41 Å². The molecule has 208 valence electrons. The van der Waals surface area contributed by atoms with Gasteiger partial charge in [0, 0.05) is 28.8 Å². The van der Waals surface area contributed by atoms with Crippen LogP contribution < -0.4 is 10.5 Å². The highest BCUT2D eigenvalue weighted by molar-refractivity contribution is 5.83. The topological polar surface area (TPSA) is 118 Å². The number of nitrogens with two attached hydrogens (primary N) is 1. The predicted octanol–water partition coefficient (Wildman–Crippen LogP) is 3.88. The molecule has 0 saturated heterocycles. The number of rotatable bonds is 9. The van der Waals surface area contributed by atoms with Gasteiger partial charge in [-0.15, -0.1) is 0 Å². The van der Waals surface area contributed by atoms with Crippen LogP contribution in [0, 0.1) is 12.7 Å². The Labute approximate surface area is 219 Å². The highest BCUT2D eigenvalue weighted by Crippen LogP contribution is 2.55. The normalized spacial score (nSPS) is 15.5. The Morgan fingerprint density at radius 3 is 2.29 bits per heavy atom. The molecule has 1 aliphatic carbocycles. The zero-order chi connectivity index (χ0) is 28.5. The number of carbonyl (C=O) groups excluding carboxylic acids is 1. The molecule has 5 N–H and O–H groups in total. The third kappa shape index (κ3) is 5.98. The third-order valence-electron chi connectivity index (χ3n) is 6.97. The fourth-order valence-corrected chi connectivity index (χ4v) is 4.85. The second-order valence-corrected chi connectivity index (χ2v) is 10.5. The second kappa shape index (κ2) is 11.0. The Morgan fingerprint density at radius 2 is 1.79 bits per heavy atom. The Bertz CT molecular complexity index is 1300. The van der Waals surface area contributed by atoms with Crippen molar-refractivity contribution in [3.05, 3.63) is 64.6 Å². The molecule has 0 spiro atoms. The second-order valence-electron chi connectivity index (χ2n) is 10.5. The van der Waals surface area contributed by atoms with E-state index in [0.717, 1.165) is 29.5 Å². The minimum absolute atomic E-state index is 0.0609. The van der Waals surface area contributed by atoms with Gasteiger partial charge in [-0.05, 0) is 60.7 Å². The van der Waals surface area contributed by atoms with Crippen LogP contribution in [0.1, 0.15) is 56.0 Å². The number of aliphatic hydroxyl groups excluding tert-OH is 3. The summed E-state index contributed by atoms with van der Waals surface area (Å²) in [6.07, 6.45) is -2.64. The van der Waals surface area contributed by atoms with E-state index in [1.54, 1.807) is 29.7 Å². The Kier molecular flexibility index (Phi) is 8.50. The van der Waals surface area contributed by atoms with Gasteiger partial charge in [-0.2, -0.15) is 8.78 Å². The number of primary amides is 1. The van der Waals surface area contributed by atoms with Crippen LogP contribution in [0.25, 0.3) is 10.9 Å². The van der Waals surface area contributed by atoms with Gasteiger partial charge in [0.05, 0.1) is 31.4 Å². The highest BCUT2D eigenvalue weighted by Gasteiger charge is 2.48. The maximum Gasteiger partial charge on any atom is 0.394 e. The lowest BCUT2D eigenvalue weighted by Gasteiger charge is -2.25. The SMILES string of the molecule is Cc1cc(C2(c3cc4cc(C(C)(C)CO)n(CC(O)CO)c4cc3F)CC2)ccc1OC(C)(F)F.NC=O. The van der Waals surface area contributed by atoms with Crippen LogP contribution in [0.15, 0.2) is 36.4 Å². The molecule has 1 aromatic heterocycles. The molecule has 0 aliphatic heterocycles. The van der Waals surface area contributed by atoms with Crippen LogP contribution in [0.2, 0.25) is 0 Å². The van der Waals surface area contributed by atoms with Crippen molar-refractivity contribution >= 4 is 17.3 Å². The quantitative estimate of drug-likeness (QED) is 0.310. The van der Waals surface area contributed by atoms with Gasteiger partial charge in [0.25, 0.3) is 0 Å². The molecule has 1 heterocycles. The van der Waals surface area contributed by atoms with Crippen LogP contribution in [0.3, 0.4) is 0 Å². The maximum atomic E-state index is 15.6. The van der Waals surface area contributed by atoms with Crippen LogP contribution >= 0.6 is 0 Å². The van der Waals surface area contributed by atoms with Crippen molar-refractivity contribution in [3.8, 4) is 5.75 Å². The number of aromatic nitrogens is 1. The highest BCUT2D eigenvalue weighted by atomic mass is 19.3. The Balaban J connectivity index is 0.00000127. The summed E-state index contributed by atoms with van der Waals surface area (Å²) in [5.41, 5.74) is 6.15. The molecule has 10 heteroatoms. The van der Waals surface area contributed by atoms with Gasteiger partial charge < -0.3 is 30.4 Å². The molecule has 4 rings (SSSR count). The third-order valence-corrected chi connectivity index (χ3v) is 6.97. The minimum Gasteiger partial charge on any atom is -0.433 e. The van der Waals surface area contributed by atoms with E-state index >= 15 is 4.39 Å². The van der Waals surface area contributed by atoms with Crippen molar-refractivity contribution in [2.45, 2.75) is 70.1 Å². The first-order chi connectivity index (χ1) is 17.7. The van der Waals surface area contributed by atoms with E-state index in [1.807, 2.05) is 19.9 Å². The average molecular weight is 537 g/mol. The Hall–Kier alpha value is -3.08. The molecule has 1 fully saturated rings. The van der Waals surface area contributed by atoms with Gasteiger partial charge in [0.15, 0.2) is 0 Å². The summed E-state index contributed by atoms with van der Waals surface area (Å²) in [7, 11) is 0. The largest absolute Gasteiger partial charge is 0.433 e.